The number of hydrogen-bond donors (Lipinski definition) is 3. The molecule has 0 aromatic rings. The number of ether oxygens (including phenoxy) is 2. The molecule has 3 N–H and O–H groups in total. The number of carbonyl (C=O) groups is 2. The van der Waals surface area contributed by atoms with Gasteiger partial charge in [-0.3, -0.25) is 18.6 Å². The fourth-order valence-corrected chi connectivity index (χ4v) is 5.68. The van der Waals surface area contributed by atoms with E-state index in [1.807, 2.05) is 0 Å². The van der Waals surface area contributed by atoms with Crippen LogP contribution in [0.2, 0.25) is 0 Å². The highest BCUT2D eigenvalue weighted by Crippen LogP contribution is 2.43. The van der Waals surface area contributed by atoms with Crippen LogP contribution in [0.5, 0.6) is 0 Å². The molecule has 0 spiro atoms. The van der Waals surface area contributed by atoms with E-state index < -0.39 is 51.8 Å². The maximum absolute atomic E-state index is 12.5. The van der Waals surface area contributed by atoms with Crippen molar-refractivity contribution >= 4 is 19.8 Å². The zero-order chi connectivity index (χ0) is 36.3. The van der Waals surface area contributed by atoms with Crippen molar-refractivity contribution in [3.8, 4) is 0 Å². The summed E-state index contributed by atoms with van der Waals surface area (Å²) in [5, 5.41) is 18.3. The smallest absolute Gasteiger partial charge is 0.462 e. The Bertz CT molecular complexity index is 920. The molecule has 286 valence electrons. The Morgan fingerprint density at radius 2 is 1.12 bits per heavy atom. The van der Waals surface area contributed by atoms with Crippen LogP contribution in [0.3, 0.4) is 0 Å². The molecule has 0 radical (unpaired) electrons. The van der Waals surface area contributed by atoms with Crippen molar-refractivity contribution in [2.24, 2.45) is 0 Å². The number of esters is 2. The Kier molecular flexibility index (Phi) is 33.4. The van der Waals surface area contributed by atoms with Gasteiger partial charge in [0.05, 0.1) is 19.8 Å². The molecule has 0 saturated carbocycles. The third-order valence-electron chi connectivity index (χ3n) is 7.81. The van der Waals surface area contributed by atoms with Crippen LogP contribution < -0.4 is 0 Å². The predicted molar refractivity (Wildman–Crippen MR) is 196 cm³/mol. The Hall–Kier alpha value is -1.81. The van der Waals surface area contributed by atoms with Gasteiger partial charge in [-0.25, -0.2) is 4.57 Å². The number of rotatable bonds is 35. The van der Waals surface area contributed by atoms with Gasteiger partial charge in [0.25, 0.3) is 0 Å². The van der Waals surface area contributed by atoms with Gasteiger partial charge in [0.1, 0.15) is 12.7 Å². The maximum Gasteiger partial charge on any atom is 0.472 e. The first-order chi connectivity index (χ1) is 23.7. The molecule has 0 aromatic heterocycles. The molecular weight excluding hydrogens is 647 g/mol. The van der Waals surface area contributed by atoms with Crippen molar-refractivity contribution in [1.82, 2.24) is 0 Å². The Balaban J connectivity index is 4.40. The van der Waals surface area contributed by atoms with Gasteiger partial charge >= 0.3 is 19.8 Å². The minimum absolute atomic E-state index is 0.166. The molecule has 0 amide bonds. The molecular formula is C38H69O10P. The number of carbonyl (C=O) groups excluding carboxylic acids is 2. The maximum atomic E-state index is 12.5. The van der Waals surface area contributed by atoms with Crippen molar-refractivity contribution in [2.45, 2.75) is 167 Å². The van der Waals surface area contributed by atoms with E-state index in [1.165, 1.54) is 44.9 Å². The molecule has 0 saturated heterocycles. The van der Waals surface area contributed by atoms with E-state index >= 15 is 0 Å². The Morgan fingerprint density at radius 1 is 0.633 bits per heavy atom. The SMILES string of the molecule is CC/C=C/C/C=C/C/C=C/CCCCCCCC(=O)O[C@H](COC(=O)CCCCCCCCCCCCC)COP(=O)(O)OC[C@@H](O)CO. The Morgan fingerprint density at radius 3 is 1.69 bits per heavy atom. The van der Waals surface area contributed by atoms with Crippen LogP contribution in [0.25, 0.3) is 0 Å². The molecule has 3 atom stereocenters. The van der Waals surface area contributed by atoms with Gasteiger partial charge in [-0.05, 0) is 44.9 Å². The normalized spacial score (nSPS) is 14.5. The molecule has 0 aliphatic carbocycles. The average Bonchev–Trinajstić information content (AvgIpc) is 3.09. The summed E-state index contributed by atoms with van der Waals surface area (Å²) in [5.41, 5.74) is 0. The van der Waals surface area contributed by atoms with Crippen LogP contribution in [-0.4, -0.2) is 65.7 Å². The quantitative estimate of drug-likeness (QED) is 0.0251. The third-order valence-corrected chi connectivity index (χ3v) is 8.76. The van der Waals surface area contributed by atoms with Crippen molar-refractivity contribution in [3.63, 3.8) is 0 Å². The van der Waals surface area contributed by atoms with Gasteiger partial charge < -0.3 is 24.6 Å². The summed E-state index contributed by atoms with van der Waals surface area (Å²) < 4.78 is 32.5. The zero-order valence-electron chi connectivity index (χ0n) is 30.7. The van der Waals surface area contributed by atoms with Crippen LogP contribution in [0.15, 0.2) is 36.5 Å². The zero-order valence-corrected chi connectivity index (χ0v) is 31.5. The highest BCUT2D eigenvalue weighted by Gasteiger charge is 2.27. The first-order valence-electron chi connectivity index (χ1n) is 18.9. The van der Waals surface area contributed by atoms with E-state index in [2.05, 4.69) is 54.8 Å². The lowest BCUT2D eigenvalue weighted by Crippen LogP contribution is -2.29. The number of allylic oxidation sites excluding steroid dienone is 6. The van der Waals surface area contributed by atoms with Gasteiger partial charge in [0.15, 0.2) is 6.10 Å². The third kappa shape index (κ3) is 34.4. The molecule has 49 heavy (non-hydrogen) atoms. The lowest BCUT2D eigenvalue weighted by molar-refractivity contribution is -0.161. The summed E-state index contributed by atoms with van der Waals surface area (Å²) in [6, 6.07) is 0. The molecule has 0 heterocycles. The summed E-state index contributed by atoms with van der Waals surface area (Å²) in [5.74, 6) is -0.946. The minimum atomic E-state index is -4.61. The number of unbranched alkanes of at least 4 members (excludes halogenated alkanes) is 15. The number of aliphatic hydroxyl groups is 2. The molecule has 0 aliphatic rings. The summed E-state index contributed by atoms with van der Waals surface area (Å²) in [4.78, 5) is 34.8. The van der Waals surface area contributed by atoms with Gasteiger partial charge in [0, 0.05) is 12.8 Å². The minimum Gasteiger partial charge on any atom is -0.462 e. The summed E-state index contributed by atoms with van der Waals surface area (Å²) in [7, 11) is -4.61. The lowest BCUT2D eigenvalue weighted by Gasteiger charge is -2.20. The topological polar surface area (TPSA) is 149 Å². The summed E-state index contributed by atoms with van der Waals surface area (Å²) >= 11 is 0. The highest BCUT2D eigenvalue weighted by molar-refractivity contribution is 7.47. The first kappa shape index (κ1) is 47.2. The average molecular weight is 717 g/mol. The fraction of sp³-hybridized carbons (Fsp3) is 0.789. The Labute approximate surface area is 297 Å². The van der Waals surface area contributed by atoms with E-state index in [4.69, 9.17) is 19.1 Å². The standard InChI is InChI=1S/C38H69O10P/c1-3-5-7-9-11-13-15-16-17-18-20-22-24-26-28-30-38(42)48-36(34-47-49(43,44)46-32-35(40)31-39)33-45-37(41)29-27-25-23-21-19-14-12-10-8-6-4-2/h5,7,11,13,16-17,35-36,39-40H,3-4,6,8-10,12,14-15,18-34H2,1-2H3,(H,43,44)/b7-5+,13-11+,17-16+/t35-,36+/m0/s1. The lowest BCUT2D eigenvalue weighted by atomic mass is 10.1. The van der Waals surface area contributed by atoms with Crippen LogP contribution >= 0.6 is 7.82 Å². The van der Waals surface area contributed by atoms with Crippen LogP contribution in [-0.2, 0) is 32.7 Å². The van der Waals surface area contributed by atoms with E-state index in [9.17, 15) is 24.2 Å². The molecule has 0 aliphatic heterocycles. The van der Waals surface area contributed by atoms with Gasteiger partial charge in [-0.1, -0.05) is 134 Å². The first-order valence-corrected chi connectivity index (χ1v) is 20.4. The highest BCUT2D eigenvalue weighted by atomic mass is 31.2. The number of hydrogen-bond acceptors (Lipinski definition) is 9. The van der Waals surface area contributed by atoms with Crippen molar-refractivity contribution in [1.29, 1.82) is 0 Å². The molecule has 0 aromatic carbocycles. The molecule has 0 fully saturated rings. The summed E-state index contributed by atoms with van der Waals surface area (Å²) in [6.45, 7) is 2.22. The van der Waals surface area contributed by atoms with Crippen LogP contribution in [0, 0.1) is 0 Å². The predicted octanol–water partition coefficient (Wildman–Crippen LogP) is 9.22. The van der Waals surface area contributed by atoms with Crippen LogP contribution in [0.1, 0.15) is 155 Å². The molecule has 0 bridgehead atoms. The second kappa shape index (κ2) is 34.6. The van der Waals surface area contributed by atoms with Gasteiger partial charge in [0.2, 0.25) is 0 Å². The number of phosphoric acid groups is 1. The molecule has 1 unspecified atom stereocenters. The molecule has 0 rings (SSSR count). The second-order valence-corrected chi connectivity index (χ2v) is 14.0. The monoisotopic (exact) mass is 716 g/mol. The number of phosphoric ester groups is 1. The van der Waals surface area contributed by atoms with E-state index in [-0.39, 0.29) is 19.4 Å². The van der Waals surface area contributed by atoms with E-state index in [0.29, 0.717) is 12.8 Å². The van der Waals surface area contributed by atoms with E-state index in [1.54, 1.807) is 0 Å². The van der Waals surface area contributed by atoms with Crippen molar-refractivity contribution in [3.05, 3.63) is 36.5 Å². The van der Waals surface area contributed by atoms with Crippen LogP contribution in [0.4, 0.5) is 0 Å². The van der Waals surface area contributed by atoms with Gasteiger partial charge in [-0.2, -0.15) is 0 Å². The number of aliphatic hydroxyl groups excluding tert-OH is 2. The van der Waals surface area contributed by atoms with Crippen molar-refractivity contribution < 1.29 is 47.8 Å². The fourth-order valence-electron chi connectivity index (χ4n) is 4.89. The second-order valence-electron chi connectivity index (χ2n) is 12.6. The van der Waals surface area contributed by atoms with Crippen molar-refractivity contribution in [2.75, 3.05) is 26.4 Å². The molecule has 10 nitrogen and oxygen atoms in total. The van der Waals surface area contributed by atoms with E-state index in [0.717, 1.165) is 70.6 Å². The summed E-state index contributed by atoms with van der Waals surface area (Å²) in [6.07, 6.45) is 32.6. The molecule has 11 heteroatoms. The van der Waals surface area contributed by atoms with Gasteiger partial charge in [-0.15, -0.1) is 0 Å². The largest absolute Gasteiger partial charge is 0.472 e.